The Hall–Kier alpha value is -1.22. The molecule has 1 atom stereocenters. The smallest absolute Gasteiger partial charge is 0.142 e. The Kier molecular flexibility index (Phi) is 5.52. The first-order chi connectivity index (χ1) is 9.33. The van der Waals surface area contributed by atoms with Gasteiger partial charge in [0.25, 0.3) is 0 Å². The van der Waals surface area contributed by atoms with Crippen LogP contribution in [0.2, 0.25) is 0 Å². The van der Waals surface area contributed by atoms with E-state index in [1.807, 2.05) is 0 Å². The van der Waals surface area contributed by atoms with Crippen molar-refractivity contribution in [3.63, 3.8) is 0 Å². The number of hydrogen-bond donors (Lipinski definition) is 1. The summed E-state index contributed by atoms with van der Waals surface area (Å²) in [6.45, 7) is 8.65. The van der Waals surface area contributed by atoms with Gasteiger partial charge in [0.15, 0.2) is 0 Å². The van der Waals surface area contributed by atoms with E-state index in [2.05, 4.69) is 48.3 Å². The normalized spacial score (nSPS) is 16.4. The topological polar surface area (TPSA) is 24.5 Å². The molecule has 19 heavy (non-hydrogen) atoms. The number of nitrogens with zero attached hydrogens (tertiary/aromatic N) is 1. The second kappa shape index (κ2) is 7.39. The van der Waals surface area contributed by atoms with Gasteiger partial charge in [0.1, 0.15) is 5.75 Å². The molecule has 3 nitrogen and oxygen atoms in total. The molecule has 1 unspecified atom stereocenters. The summed E-state index contributed by atoms with van der Waals surface area (Å²) >= 11 is 0. The Bertz CT molecular complexity index is 381. The molecule has 106 valence electrons. The predicted octanol–water partition coefficient (Wildman–Crippen LogP) is 3.05. The minimum absolute atomic E-state index is 0.548. The average molecular weight is 262 g/mol. The van der Waals surface area contributed by atoms with Gasteiger partial charge in [-0.15, -0.1) is 0 Å². The molecule has 0 bridgehead atoms. The van der Waals surface area contributed by atoms with E-state index < -0.39 is 0 Å². The number of benzene rings is 1. The fraction of sp³-hybridized carbons (Fsp3) is 0.625. The Labute approximate surface area is 116 Å². The third kappa shape index (κ3) is 3.87. The molecule has 2 rings (SSSR count). The van der Waals surface area contributed by atoms with Crippen LogP contribution < -0.4 is 15.0 Å². The van der Waals surface area contributed by atoms with Crippen LogP contribution in [-0.2, 0) is 0 Å². The van der Waals surface area contributed by atoms with Gasteiger partial charge in [0.2, 0.25) is 0 Å². The fourth-order valence-electron chi connectivity index (χ4n) is 2.58. The quantitative estimate of drug-likeness (QED) is 0.797. The minimum atomic E-state index is 0.548. The molecule has 1 aromatic rings. The molecule has 0 saturated heterocycles. The van der Waals surface area contributed by atoms with E-state index in [-0.39, 0.29) is 0 Å². The highest BCUT2D eigenvalue weighted by atomic mass is 16.5. The molecule has 0 saturated carbocycles. The fourth-order valence-corrected chi connectivity index (χ4v) is 2.58. The Morgan fingerprint density at radius 2 is 2.16 bits per heavy atom. The maximum absolute atomic E-state index is 5.81. The summed E-state index contributed by atoms with van der Waals surface area (Å²) in [6, 6.07) is 8.96. The monoisotopic (exact) mass is 262 g/mol. The van der Waals surface area contributed by atoms with Crippen molar-refractivity contribution >= 4 is 5.69 Å². The molecule has 0 amide bonds. The van der Waals surface area contributed by atoms with Gasteiger partial charge in [0, 0.05) is 12.6 Å². The number of rotatable bonds is 6. The molecule has 3 heteroatoms. The van der Waals surface area contributed by atoms with Gasteiger partial charge in [-0.25, -0.2) is 0 Å². The van der Waals surface area contributed by atoms with E-state index in [9.17, 15) is 0 Å². The van der Waals surface area contributed by atoms with Crippen molar-refractivity contribution < 1.29 is 4.74 Å². The first-order valence-corrected chi connectivity index (χ1v) is 7.52. The number of ether oxygens (including phenoxy) is 1. The number of nitrogens with one attached hydrogen (secondary N) is 1. The molecule has 0 spiro atoms. The van der Waals surface area contributed by atoms with E-state index in [1.54, 1.807) is 0 Å². The van der Waals surface area contributed by atoms with Gasteiger partial charge in [-0.2, -0.15) is 0 Å². The van der Waals surface area contributed by atoms with Crippen LogP contribution in [0.25, 0.3) is 0 Å². The first kappa shape index (κ1) is 14.2. The number of para-hydroxylation sites is 2. The highest BCUT2D eigenvalue weighted by Crippen LogP contribution is 2.32. The molecule has 1 aliphatic rings. The molecule has 0 aliphatic carbocycles. The zero-order valence-corrected chi connectivity index (χ0v) is 12.2. The zero-order chi connectivity index (χ0) is 13.5. The van der Waals surface area contributed by atoms with E-state index >= 15 is 0 Å². The van der Waals surface area contributed by atoms with E-state index in [4.69, 9.17) is 4.74 Å². The van der Waals surface area contributed by atoms with Crippen molar-refractivity contribution in [3.8, 4) is 5.75 Å². The summed E-state index contributed by atoms with van der Waals surface area (Å²) in [5, 5.41) is 3.49. The van der Waals surface area contributed by atoms with Crippen LogP contribution in [-0.4, -0.2) is 32.3 Å². The maximum atomic E-state index is 5.81. The SMILES string of the molecule is CCCNCCC(C)N1CCCOc2ccccc21. The van der Waals surface area contributed by atoms with Crippen molar-refractivity contribution in [2.45, 2.75) is 39.2 Å². The standard InChI is InChI=1S/C16H26N2O/c1-3-10-17-11-9-14(2)18-12-6-13-19-16-8-5-4-7-15(16)18/h4-5,7-8,14,17H,3,6,9-13H2,1-2H3. The molecule has 1 N–H and O–H groups in total. The molecule has 0 radical (unpaired) electrons. The van der Waals surface area contributed by atoms with Gasteiger partial charge in [0.05, 0.1) is 12.3 Å². The van der Waals surface area contributed by atoms with Gasteiger partial charge >= 0.3 is 0 Å². The summed E-state index contributed by atoms with van der Waals surface area (Å²) in [4.78, 5) is 2.50. The number of anilines is 1. The Balaban J connectivity index is 1.98. The van der Waals surface area contributed by atoms with Crippen LogP contribution in [0, 0.1) is 0 Å². The van der Waals surface area contributed by atoms with Crippen molar-refractivity contribution in [2.75, 3.05) is 31.1 Å². The third-order valence-electron chi connectivity index (χ3n) is 3.67. The first-order valence-electron chi connectivity index (χ1n) is 7.52. The largest absolute Gasteiger partial charge is 0.491 e. The second-order valence-corrected chi connectivity index (χ2v) is 5.25. The second-order valence-electron chi connectivity index (χ2n) is 5.25. The van der Waals surface area contributed by atoms with Crippen LogP contribution in [0.1, 0.15) is 33.1 Å². The summed E-state index contributed by atoms with van der Waals surface area (Å²) in [5.74, 6) is 1.04. The lowest BCUT2D eigenvalue weighted by Gasteiger charge is -2.30. The van der Waals surface area contributed by atoms with Gasteiger partial charge in [-0.05, 0) is 51.4 Å². The summed E-state index contributed by atoms with van der Waals surface area (Å²) in [6.07, 6.45) is 3.48. The van der Waals surface area contributed by atoms with Crippen molar-refractivity contribution in [2.24, 2.45) is 0 Å². The van der Waals surface area contributed by atoms with Crippen LogP contribution >= 0.6 is 0 Å². The van der Waals surface area contributed by atoms with E-state index in [1.165, 1.54) is 18.5 Å². The third-order valence-corrected chi connectivity index (χ3v) is 3.67. The number of hydrogen-bond acceptors (Lipinski definition) is 3. The van der Waals surface area contributed by atoms with Crippen molar-refractivity contribution in [1.82, 2.24) is 5.32 Å². The molecule has 1 aromatic carbocycles. The highest BCUT2D eigenvalue weighted by molar-refractivity contribution is 5.59. The average Bonchev–Trinajstić information content (AvgIpc) is 2.66. The van der Waals surface area contributed by atoms with E-state index in [0.717, 1.165) is 38.4 Å². The van der Waals surface area contributed by atoms with Gasteiger partial charge in [-0.1, -0.05) is 19.1 Å². The lowest BCUT2D eigenvalue weighted by atomic mass is 10.1. The minimum Gasteiger partial charge on any atom is -0.491 e. The van der Waals surface area contributed by atoms with Crippen LogP contribution in [0.5, 0.6) is 5.75 Å². The maximum Gasteiger partial charge on any atom is 0.142 e. The van der Waals surface area contributed by atoms with Crippen LogP contribution in [0.15, 0.2) is 24.3 Å². The molecular weight excluding hydrogens is 236 g/mol. The van der Waals surface area contributed by atoms with E-state index in [0.29, 0.717) is 6.04 Å². The molecule has 1 heterocycles. The van der Waals surface area contributed by atoms with Crippen LogP contribution in [0.3, 0.4) is 0 Å². The molecule has 1 aliphatic heterocycles. The van der Waals surface area contributed by atoms with Crippen molar-refractivity contribution in [1.29, 1.82) is 0 Å². The lowest BCUT2D eigenvalue weighted by molar-refractivity contribution is 0.322. The summed E-state index contributed by atoms with van der Waals surface area (Å²) < 4.78 is 5.81. The lowest BCUT2D eigenvalue weighted by Crippen LogP contribution is -2.36. The number of fused-ring (bicyclic) bond motifs is 1. The Morgan fingerprint density at radius 1 is 1.32 bits per heavy atom. The predicted molar refractivity (Wildman–Crippen MR) is 81.1 cm³/mol. The van der Waals surface area contributed by atoms with Crippen molar-refractivity contribution in [3.05, 3.63) is 24.3 Å². The molecule has 0 aromatic heterocycles. The summed E-state index contributed by atoms with van der Waals surface area (Å²) in [5.41, 5.74) is 1.25. The highest BCUT2D eigenvalue weighted by Gasteiger charge is 2.20. The summed E-state index contributed by atoms with van der Waals surface area (Å²) in [7, 11) is 0. The molecular formula is C16H26N2O. The van der Waals surface area contributed by atoms with Gasteiger partial charge in [-0.3, -0.25) is 0 Å². The van der Waals surface area contributed by atoms with Crippen LogP contribution in [0.4, 0.5) is 5.69 Å². The molecule has 0 fully saturated rings. The van der Waals surface area contributed by atoms with Gasteiger partial charge < -0.3 is 15.0 Å². The Morgan fingerprint density at radius 3 is 3.00 bits per heavy atom. The zero-order valence-electron chi connectivity index (χ0n) is 12.2.